The van der Waals surface area contributed by atoms with Crippen molar-refractivity contribution in [2.45, 2.75) is 17.6 Å². The van der Waals surface area contributed by atoms with E-state index in [9.17, 15) is 22.8 Å². The molecule has 0 radical (unpaired) electrons. The van der Waals surface area contributed by atoms with E-state index in [0.29, 0.717) is 4.90 Å². The summed E-state index contributed by atoms with van der Waals surface area (Å²) in [5.74, 6) is -2.49. The van der Waals surface area contributed by atoms with Crippen molar-refractivity contribution >= 4 is 29.3 Å². The lowest BCUT2D eigenvalue weighted by Crippen LogP contribution is -2.60. The van der Waals surface area contributed by atoms with Crippen LogP contribution < -0.4 is 5.32 Å². The fraction of sp³-hybridized carbons (Fsp3) is 0.200. The molecule has 5 nitrogen and oxygen atoms in total. The van der Waals surface area contributed by atoms with E-state index >= 15 is 0 Å². The second kappa shape index (κ2) is 6.52. The number of methoxy groups -OCH3 is 1. The Morgan fingerprint density at radius 2 is 1.90 bits per heavy atom. The van der Waals surface area contributed by atoms with Crippen LogP contribution in [0.4, 0.5) is 23.7 Å². The second-order valence-corrected chi connectivity index (χ2v) is 7.11. The number of urea groups is 1. The fourth-order valence-corrected chi connectivity index (χ4v) is 4.28. The molecule has 2 aromatic rings. The number of nitrogens with zero attached hydrogens (tertiary/aromatic N) is 1. The van der Waals surface area contributed by atoms with Crippen LogP contribution in [0.15, 0.2) is 60.3 Å². The molecule has 2 heterocycles. The summed E-state index contributed by atoms with van der Waals surface area (Å²) >= 11 is 6.03. The Labute approximate surface area is 168 Å². The Kier molecular flexibility index (Phi) is 4.34. The summed E-state index contributed by atoms with van der Waals surface area (Å²) in [6, 6.07) is 10.6. The number of anilines is 1. The molecule has 2 amide bonds. The Balaban J connectivity index is 2.11. The number of alkyl halides is 3. The summed E-state index contributed by atoms with van der Waals surface area (Å²) in [5, 5.41) is 2.51. The number of benzene rings is 2. The summed E-state index contributed by atoms with van der Waals surface area (Å²) in [5.41, 5.74) is -3.20. The molecule has 0 aromatic heterocycles. The van der Waals surface area contributed by atoms with Crippen LogP contribution in [0.3, 0.4) is 0 Å². The zero-order valence-corrected chi connectivity index (χ0v) is 15.7. The summed E-state index contributed by atoms with van der Waals surface area (Å²) in [6.07, 6.45) is -4.03. The number of halogens is 4. The van der Waals surface area contributed by atoms with Gasteiger partial charge >= 0.3 is 18.2 Å². The summed E-state index contributed by atoms with van der Waals surface area (Å²) < 4.78 is 49.4. The van der Waals surface area contributed by atoms with Crippen LogP contribution in [0.5, 0.6) is 0 Å². The lowest BCUT2D eigenvalue weighted by atomic mass is 9.70. The molecular weight excluding hydrogens is 409 g/mol. The van der Waals surface area contributed by atoms with E-state index in [-0.39, 0.29) is 27.4 Å². The van der Waals surface area contributed by atoms with Crippen LogP contribution in [-0.4, -0.2) is 30.2 Å². The van der Waals surface area contributed by atoms with E-state index in [1.54, 1.807) is 18.2 Å². The van der Waals surface area contributed by atoms with E-state index < -0.39 is 29.6 Å². The first-order valence-electron chi connectivity index (χ1n) is 8.54. The lowest BCUT2D eigenvalue weighted by Gasteiger charge is -2.47. The zero-order chi connectivity index (χ0) is 21.0. The van der Waals surface area contributed by atoms with Crippen molar-refractivity contribution in [3.63, 3.8) is 0 Å². The third kappa shape index (κ3) is 2.62. The standard InChI is InChI=1S/C20H14ClF3N2O3/c1-29-17(27)13-10-26-18(28)25-15-8-7-12(21)9-14(15)19(26,20(22,23)24)16(13)11-5-3-2-4-6-11/h2-10,16H,1H3,(H,25,28)/t16-,19-/m1/s1. The second-order valence-electron chi connectivity index (χ2n) is 6.67. The number of rotatable bonds is 2. The fourth-order valence-electron chi connectivity index (χ4n) is 4.11. The van der Waals surface area contributed by atoms with Gasteiger partial charge in [-0.3, -0.25) is 4.90 Å². The highest BCUT2D eigenvalue weighted by molar-refractivity contribution is 6.30. The van der Waals surface area contributed by atoms with Crippen LogP contribution in [-0.2, 0) is 15.1 Å². The van der Waals surface area contributed by atoms with Gasteiger partial charge in [-0.25, -0.2) is 9.59 Å². The SMILES string of the molecule is COC(=O)C1=CN2C(=O)Nc3ccc(Cl)cc3[C@]2(C(F)(F)F)[C@@H]1c1ccccc1. The zero-order valence-electron chi connectivity index (χ0n) is 15.0. The number of ether oxygens (including phenoxy) is 1. The molecule has 29 heavy (non-hydrogen) atoms. The molecular formula is C20H14ClF3N2O3. The molecule has 0 saturated carbocycles. The summed E-state index contributed by atoms with van der Waals surface area (Å²) in [6.45, 7) is 0. The van der Waals surface area contributed by atoms with E-state index in [1.807, 2.05) is 0 Å². The number of fused-ring (bicyclic) bond motifs is 3. The van der Waals surface area contributed by atoms with Crippen molar-refractivity contribution < 1.29 is 27.5 Å². The Bertz CT molecular complexity index is 1040. The predicted octanol–water partition coefficient (Wildman–Crippen LogP) is 4.80. The predicted molar refractivity (Wildman–Crippen MR) is 99.3 cm³/mol. The first-order chi connectivity index (χ1) is 13.7. The molecule has 0 bridgehead atoms. The van der Waals surface area contributed by atoms with Crippen LogP contribution in [0.2, 0.25) is 5.02 Å². The summed E-state index contributed by atoms with van der Waals surface area (Å²) in [7, 11) is 1.08. The smallest absolute Gasteiger partial charge is 0.417 e. The highest BCUT2D eigenvalue weighted by Crippen LogP contribution is 2.62. The molecule has 0 fully saturated rings. The van der Waals surface area contributed by atoms with E-state index in [4.69, 9.17) is 16.3 Å². The maximum absolute atomic E-state index is 14.9. The summed E-state index contributed by atoms with van der Waals surface area (Å²) in [4.78, 5) is 25.7. The van der Waals surface area contributed by atoms with Crippen LogP contribution >= 0.6 is 11.6 Å². The third-order valence-electron chi connectivity index (χ3n) is 5.22. The van der Waals surface area contributed by atoms with Gasteiger partial charge in [-0.2, -0.15) is 13.2 Å². The van der Waals surface area contributed by atoms with Gasteiger partial charge in [-0.15, -0.1) is 0 Å². The minimum atomic E-state index is -4.95. The number of carbonyl (C=O) groups is 2. The maximum Gasteiger partial charge on any atom is 0.417 e. The van der Waals surface area contributed by atoms with Crippen molar-refractivity contribution in [1.29, 1.82) is 0 Å². The molecule has 9 heteroatoms. The van der Waals surface area contributed by atoms with Gasteiger partial charge in [0.25, 0.3) is 0 Å². The van der Waals surface area contributed by atoms with Gasteiger partial charge in [0.1, 0.15) is 0 Å². The molecule has 1 N–H and O–H groups in total. The van der Waals surface area contributed by atoms with E-state index in [0.717, 1.165) is 13.3 Å². The molecule has 4 rings (SSSR count). The average molecular weight is 423 g/mol. The molecule has 0 unspecified atom stereocenters. The number of hydrogen-bond acceptors (Lipinski definition) is 3. The lowest BCUT2D eigenvalue weighted by molar-refractivity contribution is -0.222. The van der Waals surface area contributed by atoms with Gasteiger partial charge in [-0.05, 0) is 23.8 Å². The van der Waals surface area contributed by atoms with Gasteiger partial charge in [0, 0.05) is 22.5 Å². The number of esters is 1. The molecule has 2 atom stereocenters. The molecule has 2 aromatic carbocycles. The van der Waals surface area contributed by atoms with Gasteiger partial charge < -0.3 is 10.1 Å². The van der Waals surface area contributed by atoms with Gasteiger partial charge in [-0.1, -0.05) is 41.9 Å². The number of hydrogen-bond donors (Lipinski definition) is 1. The van der Waals surface area contributed by atoms with Crippen molar-refractivity contribution in [2.75, 3.05) is 12.4 Å². The molecule has 0 spiro atoms. The largest absolute Gasteiger partial charge is 0.466 e. The highest BCUT2D eigenvalue weighted by Gasteiger charge is 2.71. The number of amides is 2. The highest BCUT2D eigenvalue weighted by atomic mass is 35.5. The molecule has 0 aliphatic carbocycles. The van der Waals surface area contributed by atoms with E-state index in [1.165, 1.54) is 30.3 Å². The minimum Gasteiger partial charge on any atom is -0.466 e. The molecule has 150 valence electrons. The van der Waals surface area contributed by atoms with Crippen molar-refractivity contribution in [2.24, 2.45) is 0 Å². The van der Waals surface area contributed by atoms with Gasteiger partial charge in [0.05, 0.1) is 18.6 Å². The Hall–Kier alpha value is -3.00. The topological polar surface area (TPSA) is 58.6 Å². The maximum atomic E-state index is 14.9. The monoisotopic (exact) mass is 422 g/mol. The Morgan fingerprint density at radius 3 is 2.52 bits per heavy atom. The van der Waals surface area contributed by atoms with Gasteiger partial charge in [0.2, 0.25) is 0 Å². The van der Waals surface area contributed by atoms with Crippen molar-refractivity contribution in [3.05, 3.63) is 76.5 Å². The number of nitrogens with one attached hydrogen (secondary N) is 1. The van der Waals surface area contributed by atoms with Crippen LogP contribution in [0.1, 0.15) is 17.0 Å². The Morgan fingerprint density at radius 1 is 1.21 bits per heavy atom. The first kappa shape index (κ1) is 19.3. The van der Waals surface area contributed by atoms with Gasteiger partial charge in [0.15, 0.2) is 5.54 Å². The van der Waals surface area contributed by atoms with Crippen molar-refractivity contribution in [1.82, 2.24) is 4.90 Å². The first-order valence-corrected chi connectivity index (χ1v) is 8.91. The molecule has 2 aliphatic rings. The average Bonchev–Trinajstić information content (AvgIpc) is 3.07. The van der Waals surface area contributed by atoms with E-state index in [2.05, 4.69) is 5.32 Å². The quantitative estimate of drug-likeness (QED) is 0.707. The molecule has 0 saturated heterocycles. The number of carbonyl (C=O) groups excluding carboxylic acids is 2. The minimum absolute atomic E-state index is 0.0200. The van der Waals surface area contributed by atoms with Crippen LogP contribution in [0, 0.1) is 0 Å². The normalized spacial score (nSPS) is 23.1. The van der Waals surface area contributed by atoms with Crippen molar-refractivity contribution in [3.8, 4) is 0 Å². The molecule has 2 aliphatic heterocycles. The van der Waals surface area contributed by atoms with Crippen LogP contribution in [0.25, 0.3) is 0 Å². The third-order valence-corrected chi connectivity index (χ3v) is 5.45.